The molecule has 0 N–H and O–H groups in total. The lowest BCUT2D eigenvalue weighted by Crippen LogP contribution is -2.06. The fraction of sp³-hybridized carbons (Fsp3) is 0.625. The van der Waals surface area contributed by atoms with E-state index in [-0.39, 0.29) is 5.97 Å². The molecule has 3 heteroatoms. The lowest BCUT2D eigenvalue weighted by molar-refractivity contribution is -0.130. The topological polar surface area (TPSA) is 26.3 Å². The van der Waals surface area contributed by atoms with Gasteiger partial charge in [0, 0.05) is 5.57 Å². The molecule has 2 nitrogen and oxygen atoms in total. The number of carbonyl (C=O) groups excluding carboxylic acids is 1. The maximum atomic E-state index is 11.0. The van der Waals surface area contributed by atoms with Crippen LogP contribution in [0.4, 0.5) is 0 Å². The molecule has 0 saturated heterocycles. The third-order valence-electron chi connectivity index (χ3n) is 1.44. The Hall–Kier alpha value is -0.573. The summed E-state index contributed by atoms with van der Waals surface area (Å²) >= 11 is 0. The van der Waals surface area contributed by atoms with E-state index in [9.17, 15) is 4.79 Å². The van der Waals surface area contributed by atoms with Crippen LogP contribution in [0.3, 0.4) is 0 Å². The van der Waals surface area contributed by atoms with Crippen LogP contribution in [0.1, 0.15) is 33.6 Å². The molecular formula is C8H13O2Si. The van der Waals surface area contributed by atoms with Crippen LogP contribution in [-0.2, 0) is 9.22 Å². The van der Waals surface area contributed by atoms with Gasteiger partial charge in [0.1, 0.15) is 0 Å². The molecule has 0 aliphatic carbocycles. The third-order valence-corrected chi connectivity index (χ3v) is 1.63. The molecule has 0 rings (SSSR count). The van der Waals surface area contributed by atoms with E-state index in [1.807, 2.05) is 20.8 Å². The van der Waals surface area contributed by atoms with E-state index in [0.29, 0.717) is 0 Å². The fourth-order valence-corrected chi connectivity index (χ4v) is 0.991. The quantitative estimate of drug-likeness (QED) is 0.475. The molecule has 0 fully saturated rings. The lowest BCUT2D eigenvalue weighted by Gasteiger charge is -2.05. The first-order chi connectivity index (χ1) is 5.13. The summed E-state index contributed by atoms with van der Waals surface area (Å²) in [6.45, 7) is 5.85. The van der Waals surface area contributed by atoms with E-state index < -0.39 is 0 Å². The summed E-state index contributed by atoms with van der Waals surface area (Å²) < 4.78 is 4.43. The first kappa shape index (κ1) is 10.4. The van der Waals surface area contributed by atoms with E-state index in [4.69, 9.17) is 0 Å². The van der Waals surface area contributed by atoms with Gasteiger partial charge in [-0.05, 0) is 20.3 Å². The third kappa shape index (κ3) is 3.37. The van der Waals surface area contributed by atoms with Gasteiger partial charge in [-0.1, -0.05) is 18.9 Å². The zero-order valence-corrected chi connectivity index (χ0v) is 8.23. The van der Waals surface area contributed by atoms with Crippen molar-refractivity contribution in [2.75, 3.05) is 0 Å². The second-order valence-electron chi connectivity index (χ2n) is 2.62. The lowest BCUT2D eigenvalue weighted by atomic mass is 10.1. The SMILES string of the molecule is CCCC(C(=O)O[Si])=C(C)C. The van der Waals surface area contributed by atoms with Crippen molar-refractivity contribution in [3.05, 3.63) is 11.1 Å². The van der Waals surface area contributed by atoms with E-state index in [1.54, 1.807) is 0 Å². The van der Waals surface area contributed by atoms with Crippen molar-refractivity contribution < 1.29 is 9.22 Å². The molecule has 0 amide bonds. The average Bonchev–Trinajstić information content (AvgIpc) is 1.98. The van der Waals surface area contributed by atoms with E-state index in [0.717, 1.165) is 24.0 Å². The number of carbonyl (C=O) groups is 1. The standard InChI is InChI=1S/C8H13O2Si/c1-4-5-7(6(2)3)8(9)10-11/h4-5H2,1-3H3. The van der Waals surface area contributed by atoms with Gasteiger partial charge in [-0.15, -0.1) is 0 Å². The van der Waals surface area contributed by atoms with Gasteiger partial charge in [0.25, 0.3) is 0 Å². The molecule has 11 heavy (non-hydrogen) atoms. The summed E-state index contributed by atoms with van der Waals surface area (Å²) in [6.07, 6.45) is 1.74. The van der Waals surface area contributed by atoms with Crippen molar-refractivity contribution in [2.24, 2.45) is 0 Å². The molecule has 0 aromatic rings. The minimum absolute atomic E-state index is 0.275. The smallest absolute Gasteiger partial charge is 0.345 e. The highest BCUT2D eigenvalue weighted by Gasteiger charge is 2.08. The Balaban J connectivity index is 4.36. The predicted octanol–water partition coefficient (Wildman–Crippen LogP) is 1.75. The first-order valence-electron chi connectivity index (χ1n) is 3.67. The molecule has 0 spiro atoms. The van der Waals surface area contributed by atoms with Crippen molar-refractivity contribution in [1.82, 2.24) is 0 Å². The van der Waals surface area contributed by atoms with Gasteiger partial charge in [0.05, 0.1) is 0 Å². The molecule has 0 atom stereocenters. The minimum Gasteiger partial charge on any atom is -0.513 e. The largest absolute Gasteiger partial charge is 0.513 e. The van der Waals surface area contributed by atoms with Crippen LogP contribution in [-0.4, -0.2) is 16.5 Å². The normalized spacial score (nSPS) is 9.09. The van der Waals surface area contributed by atoms with Gasteiger partial charge in [0.2, 0.25) is 0 Å². The average molecular weight is 169 g/mol. The summed E-state index contributed by atoms with van der Waals surface area (Å²) in [6, 6.07) is 0. The monoisotopic (exact) mass is 169 g/mol. The number of hydrogen-bond acceptors (Lipinski definition) is 2. The predicted molar refractivity (Wildman–Crippen MR) is 45.1 cm³/mol. The Kier molecular flexibility index (Phi) is 4.86. The Bertz CT molecular complexity index is 169. The molecule has 0 aliphatic rings. The van der Waals surface area contributed by atoms with Crippen LogP contribution >= 0.6 is 0 Å². The Labute approximate surface area is 71.2 Å². The molecule has 0 aromatic carbocycles. The summed E-state index contributed by atoms with van der Waals surface area (Å²) in [7, 11) is 2.72. The minimum atomic E-state index is -0.275. The zero-order valence-electron chi connectivity index (χ0n) is 7.23. The number of hydrogen-bond donors (Lipinski definition) is 0. The molecule has 3 radical (unpaired) electrons. The highest BCUT2D eigenvalue weighted by molar-refractivity contribution is 6.09. The maximum Gasteiger partial charge on any atom is 0.345 e. The Morgan fingerprint density at radius 3 is 2.27 bits per heavy atom. The second-order valence-corrected chi connectivity index (χ2v) is 2.82. The highest BCUT2D eigenvalue weighted by Crippen LogP contribution is 2.11. The Morgan fingerprint density at radius 2 is 2.00 bits per heavy atom. The fourth-order valence-electron chi connectivity index (χ4n) is 0.868. The van der Waals surface area contributed by atoms with E-state index >= 15 is 0 Å². The number of rotatable bonds is 3. The van der Waals surface area contributed by atoms with Gasteiger partial charge >= 0.3 is 16.5 Å². The molecule has 0 unspecified atom stereocenters. The van der Waals surface area contributed by atoms with Crippen molar-refractivity contribution in [1.29, 1.82) is 0 Å². The van der Waals surface area contributed by atoms with Crippen LogP contribution < -0.4 is 0 Å². The van der Waals surface area contributed by atoms with Crippen LogP contribution in [0, 0.1) is 0 Å². The van der Waals surface area contributed by atoms with Crippen LogP contribution in [0.15, 0.2) is 11.1 Å². The van der Waals surface area contributed by atoms with E-state index in [1.165, 1.54) is 0 Å². The maximum absolute atomic E-state index is 11.0. The molecule has 0 bridgehead atoms. The van der Waals surface area contributed by atoms with Gasteiger partial charge < -0.3 is 4.43 Å². The summed E-state index contributed by atoms with van der Waals surface area (Å²) in [5, 5.41) is 0. The molecule has 0 heterocycles. The second kappa shape index (κ2) is 5.13. The first-order valence-corrected chi connectivity index (χ1v) is 4.08. The van der Waals surface area contributed by atoms with Gasteiger partial charge in [-0.25, -0.2) is 4.79 Å². The van der Waals surface area contributed by atoms with Gasteiger partial charge in [0.15, 0.2) is 0 Å². The molecular weight excluding hydrogens is 156 g/mol. The molecule has 0 saturated carbocycles. The van der Waals surface area contributed by atoms with Crippen molar-refractivity contribution in [3.63, 3.8) is 0 Å². The molecule has 61 valence electrons. The van der Waals surface area contributed by atoms with Crippen molar-refractivity contribution in [2.45, 2.75) is 33.6 Å². The Morgan fingerprint density at radius 1 is 1.45 bits per heavy atom. The number of allylic oxidation sites excluding steroid dienone is 1. The molecule has 0 aliphatic heterocycles. The van der Waals surface area contributed by atoms with Crippen molar-refractivity contribution >= 4 is 16.5 Å². The summed E-state index contributed by atoms with van der Waals surface area (Å²) in [5.41, 5.74) is 1.79. The van der Waals surface area contributed by atoms with Crippen LogP contribution in [0.2, 0.25) is 0 Å². The van der Waals surface area contributed by atoms with E-state index in [2.05, 4.69) is 14.9 Å². The van der Waals surface area contributed by atoms with Crippen molar-refractivity contribution in [3.8, 4) is 0 Å². The van der Waals surface area contributed by atoms with Gasteiger partial charge in [-0.2, -0.15) is 0 Å². The van der Waals surface area contributed by atoms with Crippen LogP contribution in [0.5, 0.6) is 0 Å². The van der Waals surface area contributed by atoms with Crippen LogP contribution in [0.25, 0.3) is 0 Å². The summed E-state index contributed by atoms with van der Waals surface area (Å²) in [5.74, 6) is -0.275. The highest BCUT2D eigenvalue weighted by atomic mass is 28.2. The zero-order chi connectivity index (χ0) is 8.85. The van der Waals surface area contributed by atoms with Gasteiger partial charge in [-0.3, -0.25) is 0 Å². The summed E-state index contributed by atoms with van der Waals surface area (Å²) in [4.78, 5) is 11.0. The molecule has 0 aromatic heterocycles.